The summed E-state index contributed by atoms with van der Waals surface area (Å²) >= 11 is 5.11. The Bertz CT molecular complexity index is 723. The van der Waals surface area contributed by atoms with E-state index in [1.54, 1.807) is 18.3 Å². The zero-order chi connectivity index (χ0) is 15.6. The summed E-state index contributed by atoms with van der Waals surface area (Å²) in [5, 5.41) is 13.5. The Morgan fingerprint density at radius 2 is 2.00 bits per heavy atom. The molecule has 1 heterocycles. The summed E-state index contributed by atoms with van der Waals surface area (Å²) in [7, 11) is 0. The number of hydrogen-bond donors (Lipinski definition) is 3. The second kappa shape index (κ2) is 6.02. The fraction of sp³-hybridized carbons (Fsp3) is 0.294. The van der Waals surface area contributed by atoms with E-state index in [0.29, 0.717) is 16.7 Å². The normalized spacial score (nSPS) is 16.8. The third-order valence-corrected chi connectivity index (χ3v) is 4.59. The molecule has 3 rings (SSSR count). The van der Waals surface area contributed by atoms with Crippen LogP contribution in [0.15, 0.2) is 48.7 Å². The predicted octanol–water partition coefficient (Wildman–Crippen LogP) is 2.99. The van der Waals surface area contributed by atoms with Gasteiger partial charge in [-0.15, -0.1) is 0 Å². The van der Waals surface area contributed by atoms with Crippen molar-refractivity contribution in [3.63, 3.8) is 0 Å². The van der Waals surface area contributed by atoms with Gasteiger partial charge in [-0.3, -0.25) is 4.79 Å². The van der Waals surface area contributed by atoms with Crippen LogP contribution in [-0.2, 0) is 0 Å². The number of aromatic nitrogens is 1. The van der Waals surface area contributed by atoms with Gasteiger partial charge in [-0.25, -0.2) is 0 Å². The Balaban J connectivity index is 1.67. The van der Waals surface area contributed by atoms with E-state index in [4.69, 9.17) is 12.2 Å². The standard InChI is InChI=1S/C17H18N2O2S/c20-14(12-5-2-1-3-6-12)17(8-9-17)11-19-15(21)13-7-4-10-18-16(13)22/h1-7,10,14,20H,8-9,11H2,(H,18,22)(H,19,21). The fourth-order valence-electron chi connectivity index (χ4n) is 2.65. The van der Waals surface area contributed by atoms with Crippen molar-refractivity contribution in [1.82, 2.24) is 10.3 Å². The summed E-state index contributed by atoms with van der Waals surface area (Å²) in [4.78, 5) is 15.1. The minimum Gasteiger partial charge on any atom is -0.388 e. The molecule has 114 valence electrons. The van der Waals surface area contributed by atoms with E-state index in [1.165, 1.54) is 0 Å². The third kappa shape index (κ3) is 2.96. The van der Waals surface area contributed by atoms with Crippen molar-refractivity contribution in [2.24, 2.45) is 5.41 Å². The lowest BCUT2D eigenvalue weighted by Gasteiger charge is -2.23. The minimum absolute atomic E-state index is 0.201. The number of rotatable bonds is 5. The molecule has 1 unspecified atom stereocenters. The first-order valence-corrected chi connectivity index (χ1v) is 7.72. The Labute approximate surface area is 134 Å². The van der Waals surface area contributed by atoms with Crippen LogP contribution >= 0.6 is 12.2 Å². The molecule has 5 heteroatoms. The fourth-order valence-corrected chi connectivity index (χ4v) is 2.88. The summed E-state index contributed by atoms with van der Waals surface area (Å²) in [5.74, 6) is -0.201. The van der Waals surface area contributed by atoms with Gasteiger partial charge in [0.2, 0.25) is 0 Å². The van der Waals surface area contributed by atoms with Crippen LogP contribution in [0.4, 0.5) is 0 Å². The number of H-pyrrole nitrogens is 1. The maximum Gasteiger partial charge on any atom is 0.254 e. The van der Waals surface area contributed by atoms with Gasteiger partial charge in [0.25, 0.3) is 5.91 Å². The molecule has 2 aromatic rings. The molecule has 0 bridgehead atoms. The van der Waals surface area contributed by atoms with Crippen molar-refractivity contribution in [1.29, 1.82) is 0 Å². The molecular formula is C17H18N2O2S. The lowest BCUT2D eigenvalue weighted by molar-refractivity contribution is 0.0807. The number of carbonyl (C=O) groups is 1. The van der Waals surface area contributed by atoms with E-state index in [1.807, 2.05) is 30.3 Å². The molecular weight excluding hydrogens is 296 g/mol. The predicted molar refractivity (Wildman–Crippen MR) is 87.0 cm³/mol. The zero-order valence-corrected chi connectivity index (χ0v) is 12.9. The Morgan fingerprint density at radius 1 is 1.27 bits per heavy atom. The molecule has 1 amide bonds. The van der Waals surface area contributed by atoms with Gasteiger partial charge in [-0.1, -0.05) is 42.5 Å². The number of aliphatic hydroxyl groups is 1. The average Bonchev–Trinajstić information content (AvgIpc) is 3.34. The Kier molecular flexibility index (Phi) is 4.09. The first-order chi connectivity index (χ1) is 10.6. The van der Waals surface area contributed by atoms with Crippen molar-refractivity contribution in [3.8, 4) is 0 Å². The summed E-state index contributed by atoms with van der Waals surface area (Å²) in [5.41, 5.74) is 1.10. The number of aromatic amines is 1. The molecule has 1 aromatic heterocycles. The molecule has 1 aromatic carbocycles. The molecule has 0 radical (unpaired) electrons. The largest absolute Gasteiger partial charge is 0.388 e. The van der Waals surface area contributed by atoms with Gasteiger partial charge in [-0.2, -0.15) is 0 Å². The van der Waals surface area contributed by atoms with E-state index in [2.05, 4.69) is 10.3 Å². The zero-order valence-electron chi connectivity index (χ0n) is 12.1. The van der Waals surface area contributed by atoms with E-state index in [-0.39, 0.29) is 11.3 Å². The number of aliphatic hydroxyl groups excluding tert-OH is 1. The molecule has 0 spiro atoms. The number of amides is 1. The first-order valence-electron chi connectivity index (χ1n) is 7.31. The number of benzene rings is 1. The van der Waals surface area contributed by atoms with Crippen molar-refractivity contribution in [2.45, 2.75) is 18.9 Å². The molecule has 1 fully saturated rings. The van der Waals surface area contributed by atoms with Crippen LogP contribution in [0, 0.1) is 10.1 Å². The van der Waals surface area contributed by atoms with Crippen LogP contribution in [0.25, 0.3) is 0 Å². The average molecular weight is 314 g/mol. The molecule has 1 aliphatic carbocycles. The molecule has 1 aliphatic rings. The summed E-state index contributed by atoms with van der Waals surface area (Å²) in [6.07, 6.45) is 2.95. The quantitative estimate of drug-likeness (QED) is 0.743. The first kappa shape index (κ1) is 14.9. The van der Waals surface area contributed by atoms with Crippen LogP contribution in [0.5, 0.6) is 0 Å². The van der Waals surface area contributed by atoms with Crippen molar-refractivity contribution in [2.75, 3.05) is 6.54 Å². The van der Waals surface area contributed by atoms with E-state index in [0.717, 1.165) is 18.4 Å². The Morgan fingerprint density at radius 3 is 2.64 bits per heavy atom. The summed E-state index contributed by atoms with van der Waals surface area (Å²) < 4.78 is 0.424. The van der Waals surface area contributed by atoms with Gasteiger partial charge in [-0.05, 0) is 30.5 Å². The second-order valence-corrected chi connectivity index (χ2v) is 6.18. The highest BCUT2D eigenvalue weighted by Crippen LogP contribution is 2.54. The van der Waals surface area contributed by atoms with Gasteiger partial charge in [0.05, 0.1) is 11.7 Å². The highest BCUT2D eigenvalue weighted by atomic mass is 32.1. The SMILES string of the molecule is O=C(NCC1(C(O)c2ccccc2)CC1)c1ccc[nH]c1=S. The second-order valence-electron chi connectivity index (χ2n) is 5.77. The van der Waals surface area contributed by atoms with Gasteiger partial charge in [0, 0.05) is 18.2 Å². The molecule has 4 nitrogen and oxygen atoms in total. The van der Waals surface area contributed by atoms with Crippen molar-refractivity contribution >= 4 is 18.1 Å². The van der Waals surface area contributed by atoms with Crippen molar-refractivity contribution < 1.29 is 9.90 Å². The number of carbonyl (C=O) groups excluding carboxylic acids is 1. The van der Waals surface area contributed by atoms with E-state index >= 15 is 0 Å². The van der Waals surface area contributed by atoms with Crippen LogP contribution in [0.3, 0.4) is 0 Å². The van der Waals surface area contributed by atoms with Crippen LogP contribution in [0.2, 0.25) is 0 Å². The van der Waals surface area contributed by atoms with Crippen LogP contribution < -0.4 is 5.32 Å². The maximum atomic E-state index is 12.2. The molecule has 0 saturated heterocycles. The lowest BCUT2D eigenvalue weighted by Crippen LogP contribution is -2.33. The van der Waals surface area contributed by atoms with Crippen LogP contribution in [0.1, 0.15) is 34.9 Å². The summed E-state index contributed by atoms with van der Waals surface area (Å²) in [6.45, 7) is 0.450. The van der Waals surface area contributed by atoms with E-state index < -0.39 is 6.10 Å². The molecule has 1 saturated carbocycles. The minimum atomic E-state index is -0.556. The topological polar surface area (TPSA) is 65.1 Å². The van der Waals surface area contributed by atoms with Gasteiger partial charge < -0.3 is 15.4 Å². The van der Waals surface area contributed by atoms with Gasteiger partial charge in [0.1, 0.15) is 4.64 Å². The lowest BCUT2D eigenvalue weighted by atomic mass is 9.92. The Hall–Kier alpha value is -1.98. The number of pyridine rings is 1. The monoisotopic (exact) mass is 314 g/mol. The molecule has 3 N–H and O–H groups in total. The van der Waals surface area contributed by atoms with Crippen molar-refractivity contribution in [3.05, 3.63) is 64.4 Å². The maximum absolute atomic E-state index is 12.2. The molecule has 22 heavy (non-hydrogen) atoms. The highest BCUT2D eigenvalue weighted by molar-refractivity contribution is 7.71. The highest BCUT2D eigenvalue weighted by Gasteiger charge is 2.49. The summed E-state index contributed by atoms with van der Waals surface area (Å²) in [6, 6.07) is 13.0. The van der Waals surface area contributed by atoms with Crippen LogP contribution in [-0.4, -0.2) is 22.5 Å². The number of hydrogen-bond acceptors (Lipinski definition) is 3. The molecule has 0 aliphatic heterocycles. The smallest absolute Gasteiger partial charge is 0.254 e. The molecule has 1 atom stereocenters. The van der Waals surface area contributed by atoms with Gasteiger partial charge in [0.15, 0.2) is 0 Å². The van der Waals surface area contributed by atoms with Gasteiger partial charge >= 0.3 is 0 Å². The number of nitrogens with one attached hydrogen (secondary N) is 2. The van der Waals surface area contributed by atoms with E-state index in [9.17, 15) is 9.90 Å². The third-order valence-electron chi connectivity index (χ3n) is 4.25.